The summed E-state index contributed by atoms with van der Waals surface area (Å²) in [6.45, 7) is 3.85. The Morgan fingerprint density at radius 2 is 2.05 bits per heavy atom. The molecule has 118 valence electrons. The molecule has 3 amide bonds. The average molecular weight is 340 g/mol. The molecular formula is C13H16N4O3S2. The van der Waals surface area contributed by atoms with E-state index in [2.05, 4.69) is 15.6 Å². The summed E-state index contributed by atoms with van der Waals surface area (Å²) < 4.78 is 1.43. The van der Waals surface area contributed by atoms with E-state index in [1.807, 2.05) is 13.8 Å². The van der Waals surface area contributed by atoms with Gasteiger partial charge in [0.1, 0.15) is 4.83 Å². The molecule has 0 radical (unpaired) electrons. The lowest BCUT2D eigenvalue weighted by molar-refractivity contribution is -0.117. The molecule has 0 saturated heterocycles. The van der Waals surface area contributed by atoms with Gasteiger partial charge in [-0.15, -0.1) is 11.3 Å². The van der Waals surface area contributed by atoms with Crippen LogP contribution in [0.15, 0.2) is 9.95 Å². The lowest BCUT2D eigenvalue weighted by atomic mass is 10.2. The number of nitrogens with zero attached hydrogens (tertiary/aromatic N) is 2. The second-order valence-corrected chi connectivity index (χ2v) is 6.78. The molecule has 2 aromatic rings. The Morgan fingerprint density at radius 3 is 2.68 bits per heavy atom. The summed E-state index contributed by atoms with van der Waals surface area (Å²) in [6, 6.07) is -0.563. The summed E-state index contributed by atoms with van der Waals surface area (Å²) in [5, 5.41) is 5.54. The summed E-state index contributed by atoms with van der Waals surface area (Å²) in [4.78, 5) is 41.2. The predicted molar refractivity (Wildman–Crippen MR) is 87.7 cm³/mol. The minimum atomic E-state index is -0.563. The molecule has 2 aromatic heterocycles. The number of hydrogen-bond acceptors (Lipinski definition) is 6. The zero-order chi connectivity index (χ0) is 16.4. The molecule has 0 unspecified atom stereocenters. The van der Waals surface area contributed by atoms with Crippen LogP contribution in [-0.4, -0.2) is 34.3 Å². The summed E-state index contributed by atoms with van der Waals surface area (Å²) in [6.07, 6.45) is 0. The van der Waals surface area contributed by atoms with E-state index in [1.165, 1.54) is 23.0 Å². The highest BCUT2D eigenvalue weighted by Crippen LogP contribution is 2.27. The van der Waals surface area contributed by atoms with Crippen molar-refractivity contribution in [2.24, 2.45) is 7.05 Å². The van der Waals surface area contributed by atoms with Gasteiger partial charge in [-0.3, -0.25) is 19.5 Å². The molecule has 22 heavy (non-hydrogen) atoms. The number of hydrogen-bond donors (Lipinski definition) is 2. The van der Waals surface area contributed by atoms with Crippen LogP contribution >= 0.6 is 23.1 Å². The smallest absolute Gasteiger partial charge is 0.321 e. The van der Waals surface area contributed by atoms with Crippen molar-refractivity contribution in [3.63, 3.8) is 0 Å². The van der Waals surface area contributed by atoms with E-state index in [0.29, 0.717) is 15.4 Å². The third-order valence-corrected chi connectivity index (χ3v) is 5.31. The molecule has 0 aromatic carbocycles. The minimum Gasteiger partial charge on any atom is -0.341 e. The molecule has 7 nitrogen and oxygen atoms in total. The topological polar surface area (TPSA) is 93.1 Å². The fourth-order valence-electron chi connectivity index (χ4n) is 1.84. The van der Waals surface area contributed by atoms with E-state index in [0.717, 1.165) is 22.2 Å². The number of carbonyl (C=O) groups excluding carboxylic acids is 2. The first-order valence-electron chi connectivity index (χ1n) is 6.46. The standard InChI is InChI=1S/C13H16N4O3S2/c1-6-7(2)22-10-9(6)11(19)17(4)13(16-10)21-5-8(18)15-12(20)14-3/h5H2,1-4H3,(H2,14,15,18,20). The summed E-state index contributed by atoms with van der Waals surface area (Å²) >= 11 is 2.58. The van der Waals surface area contributed by atoms with Crippen LogP contribution < -0.4 is 16.2 Å². The number of urea groups is 1. The van der Waals surface area contributed by atoms with Crippen LogP contribution in [-0.2, 0) is 11.8 Å². The van der Waals surface area contributed by atoms with Gasteiger partial charge in [0.05, 0.1) is 11.1 Å². The number of fused-ring (bicyclic) bond motifs is 1. The van der Waals surface area contributed by atoms with Crippen molar-refractivity contribution in [1.29, 1.82) is 0 Å². The van der Waals surface area contributed by atoms with E-state index in [-0.39, 0.29) is 11.3 Å². The first-order chi connectivity index (χ1) is 10.3. The van der Waals surface area contributed by atoms with E-state index in [4.69, 9.17) is 0 Å². The maximum Gasteiger partial charge on any atom is 0.321 e. The van der Waals surface area contributed by atoms with Gasteiger partial charge in [0.2, 0.25) is 5.91 Å². The Bertz CT molecular complexity index is 810. The number of carbonyl (C=O) groups is 2. The van der Waals surface area contributed by atoms with Crippen molar-refractivity contribution >= 4 is 45.3 Å². The average Bonchev–Trinajstić information content (AvgIpc) is 2.76. The number of rotatable bonds is 3. The first-order valence-corrected chi connectivity index (χ1v) is 8.26. The Labute approximate surface area is 135 Å². The van der Waals surface area contributed by atoms with Gasteiger partial charge >= 0.3 is 6.03 Å². The van der Waals surface area contributed by atoms with Gasteiger partial charge in [-0.1, -0.05) is 11.8 Å². The monoisotopic (exact) mass is 340 g/mol. The third-order valence-electron chi connectivity index (χ3n) is 3.18. The SMILES string of the molecule is CNC(=O)NC(=O)CSc1nc2sc(C)c(C)c2c(=O)n1C. The number of aromatic nitrogens is 2. The van der Waals surface area contributed by atoms with Crippen molar-refractivity contribution in [3.8, 4) is 0 Å². The fraction of sp³-hybridized carbons (Fsp3) is 0.385. The molecule has 0 atom stereocenters. The molecule has 0 aliphatic rings. The van der Waals surface area contributed by atoms with Gasteiger partial charge in [-0.2, -0.15) is 0 Å². The Balaban J connectivity index is 2.26. The highest BCUT2D eigenvalue weighted by molar-refractivity contribution is 7.99. The van der Waals surface area contributed by atoms with Gasteiger partial charge in [0.15, 0.2) is 5.16 Å². The summed E-state index contributed by atoms with van der Waals surface area (Å²) in [7, 11) is 3.05. The van der Waals surface area contributed by atoms with E-state index >= 15 is 0 Å². The number of nitrogens with one attached hydrogen (secondary N) is 2. The molecule has 2 N–H and O–H groups in total. The van der Waals surface area contributed by atoms with Crippen LogP contribution in [0.4, 0.5) is 4.79 Å². The van der Waals surface area contributed by atoms with Crippen molar-refractivity contribution in [1.82, 2.24) is 20.2 Å². The highest BCUT2D eigenvalue weighted by atomic mass is 32.2. The lowest BCUT2D eigenvalue weighted by Crippen LogP contribution is -2.38. The first kappa shape index (κ1) is 16.5. The largest absolute Gasteiger partial charge is 0.341 e. The van der Waals surface area contributed by atoms with Gasteiger partial charge in [-0.25, -0.2) is 9.78 Å². The second kappa shape index (κ2) is 6.49. The van der Waals surface area contributed by atoms with Crippen LogP contribution in [0.3, 0.4) is 0 Å². The van der Waals surface area contributed by atoms with E-state index < -0.39 is 11.9 Å². The summed E-state index contributed by atoms with van der Waals surface area (Å²) in [5.41, 5.74) is 0.822. The van der Waals surface area contributed by atoms with Crippen LogP contribution in [0, 0.1) is 13.8 Å². The molecule has 0 saturated carbocycles. The highest BCUT2D eigenvalue weighted by Gasteiger charge is 2.16. The second-order valence-electron chi connectivity index (χ2n) is 4.64. The van der Waals surface area contributed by atoms with Gasteiger partial charge in [-0.05, 0) is 19.4 Å². The third kappa shape index (κ3) is 3.14. The maximum atomic E-state index is 12.4. The van der Waals surface area contributed by atoms with Crippen molar-refractivity contribution in [2.75, 3.05) is 12.8 Å². The molecule has 9 heteroatoms. The summed E-state index contributed by atoms with van der Waals surface area (Å²) in [5.74, 6) is -0.444. The minimum absolute atomic E-state index is 0.00253. The van der Waals surface area contributed by atoms with Crippen molar-refractivity contribution < 1.29 is 9.59 Å². The quantitative estimate of drug-likeness (QED) is 0.646. The van der Waals surface area contributed by atoms with Crippen molar-refractivity contribution in [3.05, 3.63) is 20.8 Å². The molecule has 0 bridgehead atoms. The predicted octanol–water partition coefficient (Wildman–Crippen LogP) is 1.16. The van der Waals surface area contributed by atoms with Crippen LogP contribution in [0.25, 0.3) is 10.2 Å². The Hall–Kier alpha value is -1.87. The van der Waals surface area contributed by atoms with Crippen LogP contribution in [0.2, 0.25) is 0 Å². The molecule has 0 aliphatic carbocycles. The number of imide groups is 1. The van der Waals surface area contributed by atoms with E-state index in [1.54, 1.807) is 7.05 Å². The van der Waals surface area contributed by atoms with Crippen LogP contribution in [0.1, 0.15) is 10.4 Å². The van der Waals surface area contributed by atoms with Gasteiger partial charge < -0.3 is 5.32 Å². The normalized spacial score (nSPS) is 10.7. The van der Waals surface area contributed by atoms with Gasteiger partial charge in [0, 0.05) is 19.0 Å². The lowest BCUT2D eigenvalue weighted by Gasteiger charge is -2.07. The molecule has 2 rings (SSSR count). The zero-order valence-electron chi connectivity index (χ0n) is 12.6. The Morgan fingerprint density at radius 1 is 1.36 bits per heavy atom. The number of amides is 3. The van der Waals surface area contributed by atoms with Crippen molar-refractivity contribution in [2.45, 2.75) is 19.0 Å². The Kier molecular flexibility index (Phi) is 4.87. The zero-order valence-corrected chi connectivity index (χ0v) is 14.3. The fourth-order valence-corrected chi connectivity index (χ4v) is 3.68. The molecule has 0 fully saturated rings. The number of aryl methyl sites for hydroxylation is 2. The van der Waals surface area contributed by atoms with E-state index in [9.17, 15) is 14.4 Å². The van der Waals surface area contributed by atoms with Crippen LogP contribution in [0.5, 0.6) is 0 Å². The molecular weight excluding hydrogens is 324 g/mol. The maximum absolute atomic E-state index is 12.4. The van der Waals surface area contributed by atoms with Gasteiger partial charge in [0.25, 0.3) is 5.56 Å². The molecule has 2 heterocycles. The number of thiophene rings is 1. The molecule has 0 spiro atoms. The molecule has 0 aliphatic heterocycles. The number of thioether (sulfide) groups is 1.